The lowest BCUT2D eigenvalue weighted by Gasteiger charge is -2.04. The molecule has 0 spiro atoms. The van der Waals surface area contributed by atoms with Crippen molar-refractivity contribution in [2.75, 3.05) is 6.54 Å². The number of rotatable bonds is 4. The first-order valence-corrected chi connectivity index (χ1v) is 7.85. The van der Waals surface area contributed by atoms with Crippen molar-refractivity contribution in [3.05, 3.63) is 66.2 Å². The number of aryl methyl sites for hydroxylation is 1. The molecule has 0 unspecified atom stereocenters. The number of nitrogens with zero attached hydrogens (tertiary/aromatic N) is 4. The predicted octanol–water partition coefficient (Wildman–Crippen LogP) is 2.19. The van der Waals surface area contributed by atoms with Crippen molar-refractivity contribution >= 4 is 22.5 Å². The number of hydrogen-bond acceptors (Lipinski definition) is 3. The van der Waals surface area contributed by atoms with Crippen molar-refractivity contribution in [1.29, 1.82) is 0 Å². The minimum absolute atomic E-state index is 0.0689. The van der Waals surface area contributed by atoms with Gasteiger partial charge in [-0.15, -0.1) is 10.2 Å². The molecule has 4 aromatic rings. The first-order chi connectivity index (χ1) is 11.7. The molecule has 0 radical (unpaired) electrons. The summed E-state index contributed by atoms with van der Waals surface area (Å²) in [5.41, 5.74) is 2.55. The molecule has 1 aromatic carbocycles. The second-order valence-corrected chi connectivity index (χ2v) is 5.72. The first-order valence-electron chi connectivity index (χ1n) is 7.85. The van der Waals surface area contributed by atoms with E-state index in [9.17, 15) is 4.79 Å². The van der Waals surface area contributed by atoms with Crippen molar-refractivity contribution in [2.45, 2.75) is 6.42 Å². The standard InChI is InChI=1S/C18H17N5O/c1-22-12-14(13-6-2-3-7-15(13)22)18(24)19-10-9-17-21-20-16-8-4-5-11-23(16)17/h2-8,11-12H,9-10H2,1H3,(H,19,24). The number of carbonyl (C=O) groups excluding carboxylic acids is 1. The zero-order valence-electron chi connectivity index (χ0n) is 13.3. The van der Waals surface area contributed by atoms with Gasteiger partial charge in [-0.2, -0.15) is 0 Å². The van der Waals surface area contributed by atoms with Gasteiger partial charge in [-0.1, -0.05) is 24.3 Å². The number of fused-ring (bicyclic) bond motifs is 2. The molecule has 0 atom stereocenters. The highest BCUT2D eigenvalue weighted by Crippen LogP contribution is 2.20. The van der Waals surface area contributed by atoms with Crippen LogP contribution in [0.15, 0.2) is 54.9 Å². The number of carbonyl (C=O) groups is 1. The molecule has 24 heavy (non-hydrogen) atoms. The average molecular weight is 319 g/mol. The van der Waals surface area contributed by atoms with E-state index in [0.717, 1.165) is 22.4 Å². The monoisotopic (exact) mass is 319 g/mol. The molecule has 0 aliphatic carbocycles. The molecule has 0 saturated heterocycles. The average Bonchev–Trinajstić information content (AvgIpc) is 3.17. The Bertz CT molecular complexity index is 1030. The summed E-state index contributed by atoms with van der Waals surface area (Å²) >= 11 is 0. The molecule has 6 nitrogen and oxygen atoms in total. The van der Waals surface area contributed by atoms with Gasteiger partial charge in [0.15, 0.2) is 5.65 Å². The van der Waals surface area contributed by atoms with E-state index in [2.05, 4.69) is 15.5 Å². The second kappa shape index (κ2) is 5.81. The Morgan fingerprint density at radius 2 is 1.96 bits per heavy atom. The van der Waals surface area contributed by atoms with Crippen LogP contribution in [-0.2, 0) is 13.5 Å². The Hall–Kier alpha value is -3.15. The van der Waals surface area contributed by atoms with Gasteiger partial charge in [-0.3, -0.25) is 9.20 Å². The minimum atomic E-state index is -0.0689. The van der Waals surface area contributed by atoms with Gasteiger partial charge in [-0.25, -0.2) is 0 Å². The van der Waals surface area contributed by atoms with Gasteiger partial charge in [0.2, 0.25) is 0 Å². The molecule has 1 N–H and O–H groups in total. The van der Waals surface area contributed by atoms with E-state index in [1.807, 2.05) is 70.9 Å². The fourth-order valence-electron chi connectivity index (χ4n) is 2.97. The molecule has 4 rings (SSSR count). The van der Waals surface area contributed by atoms with E-state index >= 15 is 0 Å². The van der Waals surface area contributed by atoms with Crippen LogP contribution in [0.3, 0.4) is 0 Å². The van der Waals surface area contributed by atoms with Gasteiger partial charge in [0.05, 0.1) is 5.56 Å². The van der Waals surface area contributed by atoms with E-state index < -0.39 is 0 Å². The summed E-state index contributed by atoms with van der Waals surface area (Å²) in [5, 5.41) is 12.2. The summed E-state index contributed by atoms with van der Waals surface area (Å²) in [6.45, 7) is 0.512. The molecule has 120 valence electrons. The van der Waals surface area contributed by atoms with Gasteiger partial charge in [0.1, 0.15) is 5.82 Å². The highest BCUT2D eigenvalue weighted by Gasteiger charge is 2.13. The Morgan fingerprint density at radius 3 is 2.88 bits per heavy atom. The van der Waals surface area contributed by atoms with E-state index in [0.29, 0.717) is 18.5 Å². The lowest BCUT2D eigenvalue weighted by Crippen LogP contribution is -2.26. The molecule has 0 aliphatic rings. The van der Waals surface area contributed by atoms with Gasteiger partial charge in [-0.05, 0) is 18.2 Å². The molecule has 3 aromatic heterocycles. The summed E-state index contributed by atoms with van der Waals surface area (Å²) in [5.74, 6) is 0.768. The quantitative estimate of drug-likeness (QED) is 0.627. The number of pyridine rings is 1. The van der Waals surface area contributed by atoms with Crippen LogP contribution in [0.25, 0.3) is 16.6 Å². The Morgan fingerprint density at radius 1 is 1.12 bits per heavy atom. The van der Waals surface area contributed by atoms with Crippen LogP contribution in [0.1, 0.15) is 16.2 Å². The van der Waals surface area contributed by atoms with E-state index in [1.54, 1.807) is 0 Å². The van der Waals surface area contributed by atoms with Crippen molar-refractivity contribution in [3.8, 4) is 0 Å². The summed E-state index contributed by atoms with van der Waals surface area (Å²) in [4.78, 5) is 12.5. The number of hydrogen-bond donors (Lipinski definition) is 1. The summed E-state index contributed by atoms with van der Waals surface area (Å²) < 4.78 is 3.90. The highest BCUT2D eigenvalue weighted by molar-refractivity contribution is 6.06. The maximum absolute atomic E-state index is 12.5. The van der Waals surface area contributed by atoms with Gasteiger partial charge in [0, 0.05) is 43.3 Å². The van der Waals surface area contributed by atoms with E-state index in [4.69, 9.17) is 0 Å². The summed E-state index contributed by atoms with van der Waals surface area (Å²) in [7, 11) is 1.95. The molecule has 1 amide bonds. The highest BCUT2D eigenvalue weighted by atomic mass is 16.1. The molecule has 6 heteroatoms. The Labute approximate surface area is 138 Å². The second-order valence-electron chi connectivity index (χ2n) is 5.72. The molecule has 3 heterocycles. The smallest absolute Gasteiger partial charge is 0.253 e. The zero-order chi connectivity index (χ0) is 16.5. The number of para-hydroxylation sites is 1. The minimum Gasteiger partial charge on any atom is -0.352 e. The first kappa shape index (κ1) is 14.4. The number of aromatic nitrogens is 4. The van der Waals surface area contributed by atoms with Crippen LogP contribution in [0.5, 0.6) is 0 Å². The lowest BCUT2D eigenvalue weighted by molar-refractivity contribution is 0.0955. The maximum Gasteiger partial charge on any atom is 0.253 e. The van der Waals surface area contributed by atoms with Gasteiger partial charge >= 0.3 is 0 Å². The molecule has 0 bridgehead atoms. The van der Waals surface area contributed by atoms with Crippen LogP contribution >= 0.6 is 0 Å². The maximum atomic E-state index is 12.5. The SMILES string of the molecule is Cn1cc(C(=O)NCCc2nnc3ccccn23)c2ccccc21. The van der Waals surface area contributed by atoms with Gasteiger partial charge < -0.3 is 9.88 Å². The normalized spacial score (nSPS) is 11.2. The summed E-state index contributed by atoms with van der Waals surface area (Å²) in [6.07, 6.45) is 4.42. The van der Waals surface area contributed by atoms with Crippen LogP contribution in [-0.4, -0.2) is 31.6 Å². The number of amides is 1. The Balaban J connectivity index is 1.48. The fraction of sp³-hybridized carbons (Fsp3) is 0.167. The third kappa shape index (κ3) is 2.42. The predicted molar refractivity (Wildman–Crippen MR) is 91.9 cm³/mol. The molecule has 0 fully saturated rings. The largest absolute Gasteiger partial charge is 0.352 e. The topological polar surface area (TPSA) is 64.2 Å². The van der Waals surface area contributed by atoms with E-state index in [1.165, 1.54) is 0 Å². The van der Waals surface area contributed by atoms with Crippen LogP contribution in [0, 0.1) is 0 Å². The number of benzene rings is 1. The van der Waals surface area contributed by atoms with Crippen LogP contribution in [0.2, 0.25) is 0 Å². The van der Waals surface area contributed by atoms with Crippen LogP contribution < -0.4 is 5.32 Å². The van der Waals surface area contributed by atoms with Crippen molar-refractivity contribution in [3.63, 3.8) is 0 Å². The van der Waals surface area contributed by atoms with Crippen molar-refractivity contribution in [2.24, 2.45) is 7.05 Å². The third-order valence-corrected chi connectivity index (χ3v) is 4.16. The fourth-order valence-corrected chi connectivity index (χ4v) is 2.97. The lowest BCUT2D eigenvalue weighted by atomic mass is 10.1. The molecular formula is C18H17N5O. The molecule has 0 saturated carbocycles. The van der Waals surface area contributed by atoms with E-state index in [-0.39, 0.29) is 5.91 Å². The van der Waals surface area contributed by atoms with Gasteiger partial charge in [0.25, 0.3) is 5.91 Å². The summed E-state index contributed by atoms with van der Waals surface area (Å²) in [6, 6.07) is 13.7. The zero-order valence-corrected chi connectivity index (χ0v) is 13.3. The Kier molecular flexibility index (Phi) is 3.49. The molecule has 0 aliphatic heterocycles. The molecular weight excluding hydrogens is 302 g/mol. The number of nitrogens with one attached hydrogen (secondary N) is 1. The van der Waals surface area contributed by atoms with Crippen LogP contribution in [0.4, 0.5) is 0 Å². The van der Waals surface area contributed by atoms with Crippen molar-refractivity contribution < 1.29 is 4.79 Å². The van der Waals surface area contributed by atoms with Crippen molar-refractivity contribution in [1.82, 2.24) is 24.5 Å². The third-order valence-electron chi connectivity index (χ3n) is 4.16.